The van der Waals surface area contributed by atoms with Gasteiger partial charge in [-0.1, -0.05) is 18.3 Å². The van der Waals surface area contributed by atoms with E-state index < -0.39 is 5.77 Å². The van der Waals surface area contributed by atoms with Crippen LogP contribution in [0.4, 0.5) is 0 Å². The zero-order valence-electron chi connectivity index (χ0n) is 6.58. The fraction of sp³-hybridized carbons (Fsp3) is 1.00. The Balaban J connectivity index is 3.91. The van der Waals surface area contributed by atoms with E-state index in [4.69, 9.17) is 16.1 Å². The van der Waals surface area contributed by atoms with Crippen LogP contribution >= 0.6 is 40.1 Å². The van der Waals surface area contributed by atoms with Gasteiger partial charge in [0.1, 0.15) is 0 Å². The number of alkyl halides is 1. The second-order valence-electron chi connectivity index (χ2n) is 1.52. The second-order valence-corrected chi connectivity index (χ2v) is 9.77. The Bertz CT molecular complexity index is 121. The van der Waals surface area contributed by atoms with Gasteiger partial charge in [0, 0.05) is 5.75 Å². The highest BCUT2D eigenvalue weighted by atomic mass is 35.5. The van der Waals surface area contributed by atoms with E-state index in [0.29, 0.717) is 11.8 Å². The smallest absolute Gasteiger partial charge is 0.314 e. The number of hydrogen-bond acceptors (Lipinski definition) is 4. The lowest BCUT2D eigenvalue weighted by atomic mass is 10.9. The van der Waals surface area contributed by atoms with E-state index in [0.717, 1.165) is 5.75 Å². The molecular weight excluding hydrogens is 223 g/mol. The molecule has 0 amide bonds. The van der Waals surface area contributed by atoms with Crippen molar-refractivity contribution in [3.63, 3.8) is 0 Å². The van der Waals surface area contributed by atoms with E-state index in [1.807, 2.05) is 13.8 Å². The molecule has 0 aliphatic rings. The summed E-state index contributed by atoms with van der Waals surface area (Å²) in [7, 11) is 0. The van der Waals surface area contributed by atoms with Crippen molar-refractivity contribution in [2.24, 2.45) is 0 Å². The Hall–Kier alpha value is 1.18. The molecule has 2 nitrogen and oxygen atoms in total. The van der Waals surface area contributed by atoms with E-state index in [9.17, 15) is 4.57 Å². The van der Waals surface area contributed by atoms with Gasteiger partial charge in [0.15, 0.2) is 0 Å². The van der Waals surface area contributed by atoms with Crippen molar-refractivity contribution in [1.29, 1.82) is 0 Å². The van der Waals surface area contributed by atoms with Crippen LogP contribution in [0.2, 0.25) is 0 Å². The molecule has 11 heavy (non-hydrogen) atoms. The van der Waals surface area contributed by atoms with E-state index in [-0.39, 0.29) is 0 Å². The van der Waals surface area contributed by atoms with Crippen LogP contribution in [0.25, 0.3) is 0 Å². The van der Waals surface area contributed by atoms with Gasteiger partial charge in [-0.05, 0) is 18.3 Å². The molecule has 68 valence electrons. The molecular formula is C5H12ClO2PS2. The average molecular weight is 235 g/mol. The van der Waals surface area contributed by atoms with Crippen LogP contribution in [0.5, 0.6) is 0 Å². The van der Waals surface area contributed by atoms with Gasteiger partial charge in [-0.25, -0.2) is 0 Å². The van der Waals surface area contributed by atoms with Gasteiger partial charge in [-0.3, -0.25) is 4.57 Å². The topological polar surface area (TPSA) is 26.3 Å². The van der Waals surface area contributed by atoms with Crippen LogP contribution in [-0.2, 0) is 9.09 Å². The van der Waals surface area contributed by atoms with Gasteiger partial charge in [0.2, 0.25) is 0 Å². The van der Waals surface area contributed by atoms with Gasteiger partial charge in [-0.15, -0.1) is 11.6 Å². The van der Waals surface area contributed by atoms with Crippen LogP contribution in [0.15, 0.2) is 0 Å². The summed E-state index contributed by atoms with van der Waals surface area (Å²) in [4.78, 5) is 0. The molecule has 6 heteroatoms. The van der Waals surface area contributed by atoms with Crippen molar-refractivity contribution in [2.45, 2.75) is 13.8 Å². The molecule has 0 aromatic heterocycles. The lowest BCUT2D eigenvalue weighted by Crippen LogP contribution is -1.83. The zero-order chi connectivity index (χ0) is 8.74. The third-order valence-electron chi connectivity index (χ3n) is 0.781. The van der Waals surface area contributed by atoms with Gasteiger partial charge in [-0.2, -0.15) is 0 Å². The first-order valence-electron chi connectivity index (χ1n) is 3.28. The van der Waals surface area contributed by atoms with Gasteiger partial charge in [0.25, 0.3) is 0 Å². The SMILES string of the molecule is CCOP(=O)(SCC)SCCl. The summed E-state index contributed by atoms with van der Waals surface area (Å²) < 4.78 is 16.7. The van der Waals surface area contributed by atoms with Crippen LogP contribution in [0, 0.1) is 0 Å². The summed E-state index contributed by atoms with van der Waals surface area (Å²) in [5, 5.41) is 0.324. The molecule has 0 saturated heterocycles. The maximum absolute atomic E-state index is 11.6. The summed E-state index contributed by atoms with van der Waals surface area (Å²) >= 11 is 7.98. The van der Waals surface area contributed by atoms with Crippen LogP contribution in [0.1, 0.15) is 13.8 Å². The summed E-state index contributed by atoms with van der Waals surface area (Å²) in [5.41, 5.74) is 0. The molecule has 0 heterocycles. The molecule has 0 spiro atoms. The van der Waals surface area contributed by atoms with E-state index >= 15 is 0 Å². The van der Waals surface area contributed by atoms with Gasteiger partial charge in [0.05, 0.1) is 11.8 Å². The summed E-state index contributed by atoms with van der Waals surface area (Å²) in [5.74, 6) is -1.73. The predicted octanol–water partition coefficient (Wildman–Crippen LogP) is 3.81. The predicted molar refractivity (Wildman–Crippen MR) is 55.7 cm³/mol. The fourth-order valence-corrected chi connectivity index (χ4v) is 7.84. The van der Waals surface area contributed by atoms with Gasteiger partial charge >= 0.3 is 5.77 Å². The molecule has 0 aromatic rings. The Labute approximate surface area is 80.7 Å². The standard InChI is InChI=1S/C5H12ClO2PS2/c1-3-8-9(7,10-4-2)11-5-6/h3-5H2,1-2H3. The van der Waals surface area contributed by atoms with Crippen molar-refractivity contribution in [1.82, 2.24) is 0 Å². The maximum atomic E-state index is 11.6. The first-order valence-corrected chi connectivity index (χ1v) is 8.62. The third-order valence-corrected chi connectivity index (χ3v) is 8.72. The van der Waals surface area contributed by atoms with Crippen molar-refractivity contribution < 1.29 is 9.09 Å². The third kappa shape index (κ3) is 5.42. The molecule has 0 aliphatic heterocycles. The van der Waals surface area contributed by atoms with Crippen LogP contribution < -0.4 is 0 Å². The van der Waals surface area contributed by atoms with E-state index in [1.165, 1.54) is 22.8 Å². The normalized spacial score (nSPS) is 16.3. The Kier molecular flexibility index (Phi) is 7.39. The zero-order valence-corrected chi connectivity index (χ0v) is 9.86. The molecule has 0 fully saturated rings. The second kappa shape index (κ2) is 6.67. The molecule has 0 rings (SSSR count). The van der Waals surface area contributed by atoms with Crippen molar-refractivity contribution in [2.75, 3.05) is 17.6 Å². The molecule has 0 aromatic carbocycles. The van der Waals surface area contributed by atoms with Gasteiger partial charge < -0.3 is 4.52 Å². The molecule has 1 unspecified atom stereocenters. The number of rotatable bonds is 6. The molecule has 0 aliphatic carbocycles. The Morgan fingerprint density at radius 2 is 2.09 bits per heavy atom. The fourth-order valence-electron chi connectivity index (χ4n) is 0.488. The molecule has 0 bridgehead atoms. The van der Waals surface area contributed by atoms with E-state index in [2.05, 4.69) is 0 Å². The minimum atomic E-state index is -2.52. The quantitative estimate of drug-likeness (QED) is 0.516. The highest BCUT2D eigenvalue weighted by Gasteiger charge is 2.22. The van der Waals surface area contributed by atoms with Crippen molar-refractivity contribution in [3.05, 3.63) is 0 Å². The summed E-state index contributed by atoms with van der Waals surface area (Å²) in [6.07, 6.45) is 0. The van der Waals surface area contributed by atoms with Crippen LogP contribution in [0.3, 0.4) is 0 Å². The highest BCUT2D eigenvalue weighted by molar-refractivity contribution is 8.89. The number of hydrogen-bond donors (Lipinski definition) is 0. The summed E-state index contributed by atoms with van der Waals surface area (Å²) in [6.45, 7) is 4.26. The molecule has 0 N–H and O–H groups in total. The largest absolute Gasteiger partial charge is 0.314 e. The maximum Gasteiger partial charge on any atom is 0.314 e. The van der Waals surface area contributed by atoms with Crippen molar-refractivity contribution in [3.8, 4) is 0 Å². The van der Waals surface area contributed by atoms with E-state index in [1.54, 1.807) is 0 Å². The molecule has 0 radical (unpaired) electrons. The average Bonchev–Trinajstić information content (AvgIpc) is 1.88. The first-order chi connectivity index (χ1) is 5.18. The summed E-state index contributed by atoms with van der Waals surface area (Å²) in [6, 6.07) is 0. The molecule has 0 saturated carbocycles. The van der Waals surface area contributed by atoms with Crippen molar-refractivity contribution >= 4 is 40.1 Å². The van der Waals surface area contributed by atoms with Crippen LogP contribution in [-0.4, -0.2) is 17.6 Å². The Morgan fingerprint density at radius 1 is 1.45 bits per heavy atom. The minimum Gasteiger partial charge on any atom is -0.314 e. The Morgan fingerprint density at radius 3 is 2.45 bits per heavy atom. The minimum absolute atomic E-state index is 0.324. The number of halogens is 1. The monoisotopic (exact) mass is 234 g/mol. The first kappa shape index (κ1) is 12.2. The molecule has 1 atom stereocenters. The highest BCUT2D eigenvalue weighted by Crippen LogP contribution is 2.69. The lowest BCUT2D eigenvalue weighted by Gasteiger charge is -2.12. The lowest BCUT2D eigenvalue weighted by molar-refractivity contribution is 0.357.